The minimum atomic E-state index is 0.984. The summed E-state index contributed by atoms with van der Waals surface area (Å²) in [6.07, 6.45) is 6.39. The summed E-state index contributed by atoms with van der Waals surface area (Å²) in [5.74, 6) is 0.984. The lowest BCUT2D eigenvalue weighted by Gasteiger charge is -2.12. The molecule has 0 bridgehead atoms. The maximum atomic E-state index is 4.27. The molecule has 2 aromatic rings. The van der Waals surface area contributed by atoms with Crippen LogP contribution in [0.25, 0.3) is 10.7 Å². The van der Waals surface area contributed by atoms with Gasteiger partial charge in [0.25, 0.3) is 0 Å². The highest BCUT2D eigenvalue weighted by molar-refractivity contribution is 7.15. The Hall–Kier alpha value is -1.13. The Balaban J connectivity index is 1.72. The Morgan fingerprint density at radius 1 is 1.31 bits per heavy atom. The highest BCUT2D eigenvalue weighted by Crippen LogP contribution is 2.26. The zero-order chi connectivity index (χ0) is 10.8. The number of aromatic amines is 1. The Bertz CT molecular complexity index is 441. The standard InChI is InChI=1S/C12H15N3S/c1-2-8-15(7-1)9-10-3-4-11(16-10)12-13-5-6-14-12/h3-6H,1-2,7-9H2,(H,13,14). The minimum absolute atomic E-state index is 0.984. The van der Waals surface area contributed by atoms with E-state index in [-0.39, 0.29) is 0 Å². The number of likely N-dealkylation sites (tertiary alicyclic amines) is 1. The predicted octanol–water partition coefficient (Wildman–Crippen LogP) is 2.73. The minimum Gasteiger partial charge on any atom is -0.344 e. The van der Waals surface area contributed by atoms with E-state index < -0.39 is 0 Å². The van der Waals surface area contributed by atoms with Crippen molar-refractivity contribution in [2.24, 2.45) is 0 Å². The first kappa shape index (κ1) is 10.1. The van der Waals surface area contributed by atoms with Gasteiger partial charge in [0.05, 0.1) is 4.88 Å². The summed E-state index contributed by atoms with van der Waals surface area (Å²) >= 11 is 1.84. The number of rotatable bonds is 3. The van der Waals surface area contributed by atoms with E-state index in [4.69, 9.17) is 0 Å². The van der Waals surface area contributed by atoms with Crippen molar-refractivity contribution in [3.8, 4) is 10.7 Å². The van der Waals surface area contributed by atoms with E-state index in [1.54, 1.807) is 6.20 Å². The van der Waals surface area contributed by atoms with Crippen LogP contribution >= 0.6 is 11.3 Å². The normalized spacial score (nSPS) is 17.0. The van der Waals surface area contributed by atoms with Crippen molar-refractivity contribution in [1.29, 1.82) is 0 Å². The monoisotopic (exact) mass is 233 g/mol. The topological polar surface area (TPSA) is 31.9 Å². The molecule has 16 heavy (non-hydrogen) atoms. The van der Waals surface area contributed by atoms with Gasteiger partial charge in [0.1, 0.15) is 5.82 Å². The summed E-state index contributed by atoms with van der Waals surface area (Å²) in [6.45, 7) is 3.62. The Kier molecular flexibility index (Phi) is 2.76. The summed E-state index contributed by atoms with van der Waals surface area (Å²) in [5, 5.41) is 0. The van der Waals surface area contributed by atoms with Crippen LogP contribution in [-0.2, 0) is 6.54 Å². The van der Waals surface area contributed by atoms with E-state index in [2.05, 4.69) is 27.0 Å². The van der Waals surface area contributed by atoms with Crippen molar-refractivity contribution in [2.75, 3.05) is 13.1 Å². The molecule has 0 amide bonds. The fourth-order valence-electron chi connectivity index (χ4n) is 2.15. The lowest BCUT2D eigenvalue weighted by molar-refractivity contribution is 0.334. The van der Waals surface area contributed by atoms with Crippen LogP contribution in [0.1, 0.15) is 17.7 Å². The number of hydrogen-bond acceptors (Lipinski definition) is 3. The SMILES string of the molecule is c1c[nH]c(-c2ccc(CN3CCCC3)s2)n1. The van der Waals surface area contributed by atoms with E-state index in [1.807, 2.05) is 17.5 Å². The number of nitrogens with one attached hydrogen (secondary N) is 1. The van der Waals surface area contributed by atoms with Gasteiger partial charge >= 0.3 is 0 Å². The molecule has 3 nitrogen and oxygen atoms in total. The third-order valence-corrected chi connectivity index (χ3v) is 4.05. The molecule has 3 rings (SSSR count). The number of hydrogen-bond donors (Lipinski definition) is 1. The van der Waals surface area contributed by atoms with Crippen LogP contribution < -0.4 is 0 Å². The van der Waals surface area contributed by atoms with Gasteiger partial charge in [-0.25, -0.2) is 4.98 Å². The van der Waals surface area contributed by atoms with Crippen LogP contribution in [0.4, 0.5) is 0 Å². The summed E-state index contributed by atoms with van der Waals surface area (Å²) in [6, 6.07) is 4.38. The third-order valence-electron chi connectivity index (χ3n) is 2.97. The molecule has 1 aliphatic rings. The first-order chi connectivity index (χ1) is 7.92. The molecule has 0 spiro atoms. The van der Waals surface area contributed by atoms with Gasteiger partial charge in [0.2, 0.25) is 0 Å². The smallest absolute Gasteiger partial charge is 0.147 e. The van der Waals surface area contributed by atoms with Gasteiger partial charge in [-0.1, -0.05) is 0 Å². The van der Waals surface area contributed by atoms with Crippen LogP contribution in [0.2, 0.25) is 0 Å². The molecule has 1 fully saturated rings. The van der Waals surface area contributed by atoms with Gasteiger partial charge in [-0.15, -0.1) is 11.3 Å². The highest BCUT2D eigenvalue weighted by atomic mass is 32.1. The fraction of sp³-hybridized carbons (Fsp3) is 0.417. The van der Waals surface area contributed by atoms with Gasteiger partial charge < -0.3 is 4.98 Å². The molecule has 1 N–H and O–H groups in total. The fourth-order valence-corrected chi connectivity index (χ4v) is 3.16. The largest absolute Gasteiger partial charge is 0.344 e. The molecular weight excluding hydrogens is 218 g/mol. The molecule has 0 atom stereocenters. The molecule has 1 saturated heterocycles. The van der Waals surface area contributed by atoms with E-state index >= 15 is 0 Å². The molecule has 0 aromatic carbocycles. The lowest BCUT2D eigenvalue weighted by Crippen LogP contribution is -2.17. The first-order valence-corrected chi connectivity index (χ1v) is 6.54. The first-order valence-electron chi connectivity index (χ1n) is 5.72. The summed E-state index contributed by atoms with van der Waals surface area (Å²) in [5.41, 5.74) is 0. The number of nitrogens with zero attached hydrogens (tertiary/aromatic N) is 2. The second-order valence-corrected chi connectivity index (χ2v) is 5.36. The van der Waals surface area contributed by atoms with Crippen LogP contribution in [0.3, 0.4) is 0 Å². The zero-order valence-electron chi connectivity index (χ0n) is 9.15. The molecule has 84 valence electrons. The van der Waals surface area contributed by atoms with Crippen molar-refractivity contribution in [3.63, 3.8) is 0 Å². The van der Waals surface area contributed by atoms with Crippen LogP contribution in [0.5, 0.6) is 0 Å². The third kappa shape index (κ3) is 2.03. The molecule has 1 aliphatic heterocycles. The molecule has 0 radical (unpaired) electrons. The maximum Gasteiger partial charge on any atom is 0.147 e. The second kappa shape index (κ2) is 4.39. The van der Waals surface area contributed by atoms with Gasteiger partial charge in [0.15, 0.2) is 0 Å². The quantitative estimate of drug-likeness (QED) is 0.884. The Morgan fingerprint density at radius 2 is 2.19 bits per heavy atom. The average molecular weight is 233 g/mol. The summed E-state index contributed by atoms with van der Waals surface area (Å²) < 4.78 is 0. The van der Waals surface area contributed by atoms with Crippen molar-refractivity contribution in [2.45, 2.75) is 19.4 Å². The predicted molar refractivity (Wildman–Crippen MR) is 66.4 cm³/mol. The molecule has 0 unspecified atom stereocenters. The second-order valence-electron chi connectivity index (χ2n) is 4.19. The number of thiophene rings is 1. The molecule has 0 aliphatic carbocycles. The van der Waals surface area contributed by atoms with E-state index in [1.165, 1.54) is 35.7 Å². The van der Waals surface area contributed by atoms with Crippen molar-refractivity contribution in [1.82, 2.24) is 14.9 Å². The van der Waals surface area contributed by atoms with Crippen LogP contribution in [-0.4, -0.2) is 28.0 Å². The maximum absolute atomic E-state index is 4.27. The van der Waals surface area contributed by atoms with Crippen LogP contribution in [0, 0.1) is 0 Å². The molecular formula is C12H15N3S. The molecule has 4 heteroatoms. The summed E-state index contributed by atoms with van der Waals surface area (Å²) in [7, 11) is 0. The zero-order valence-corrected chi connectivity index (χ0v) is 9.96. The molecule has 0 saturated carbocycles. The Labute approximate surface area is 99.1 Å². The molecule has 2 aromatic heterocycles. The van der Waals surface area contributed by atoms with Gasteiger partial charge in [-0.05, 0) is 38.1 Å². The van der Waals surface area contributed by atoms with Crippen molar-refractivity contribution in [3.05, 3.63) is 29.4 Å². The van der Waals surface area contributed by atoms with Gasteiger partial charge in [-0.2, -0.15) is 0 Å². The number of imidazole rings is 1. The highest BCUT2D eigenvalue weighted by Gasteiger charge is 2.13. The van der Waals surface area contributed by atoms with E-state index in [9.17, 15) is 0 Å². The van der Waals surface area contributed by atoms with Crippen molar-refractivity contribution < 1.29 is 0 Å². The lowest BCUT2D eigenvalue weighted by atomic mass is 10.4. The number of aromatic nitrogens is 2. The average Bonchev–Trinajstić information content (AvgIpc) is 2.99. The van der Waals surface area contributed by atoms with E-state index in [0.29, 0.717) is 0 Å². The summed E-state index contributed by atoms with van der Waals surface area (Å²) in [4.78, 5) is 12.6. The molecule has 3 heterocycles. The van der Waals surface area contributed by atoms with Crippen LogP contribution in [0.15, 0.2) is 24.5 Å². The van der Waals surface area contributed by atoms with Gasteiger partial charge in [-0.3, -0.25) is 4.90 Å². The van der Waals surface area contributed by atoms with E-state index in [0.717, 1.165) is 12.4 Å². The number of H-pyrrole nitrogens is 1. The van der Waals surface area contributed by atoms with Gasteiger partial charge in [0, 0.05) is 23.8 Å². The van der Waals surface area contributed by atoms with Crippen molar-refractivity contribution >= 4 is 11.3 Å². The Morgan fingerprint density at radius 3 is 2.94 bits per heavy atom.